The predicted molar refractivity (Wildman–Crippen MR) is 133 cm³/mol. The first-order valence-electron chi connectivity index (χ1n) is 11.9. The molecule has 0 unspecified atom stereocenters. The Hall–Kier alpha value is -2.56. The first kappa shape index (κ1) is 24.1. The molecule has 0 amide bonds. The van der Waals surface area contributed by atoms with E-state index in [1.165, 1.54) is 34.7 Å². The van der Waals surface area contributed by atoms with E-state index in [4.69, 9.17) is 14.6 Å². The van der Waals surface area contributed by atoms with Crippen LogP contribution >= 0.6 is 0 Å². The quantitative estimate of drug-likeness (QED) is 0.330. The lowest BCUT2D eigenvalue weighted by Crippen LogP contribution is -2.30. The molecule has 0 bridgehead atoms. The van der Waals surface area contributed by atoms with Gasteiger partial charge in [-0.15, -0.1) is 0 Å². The molecule has 0 radical (unpaired) electrons. The van der Waals surface area contributed by atoms with Crippen LogP contribution in [-0.2, 0) is 6.42 Å². The molecule has 0 saturated heterocycles. The molecule has 0 aliphatic carbocycles. The minimum absolute atomic E-state index is 0.138. The Morgan fingerprint density at radius 2 is 1.53 bits per heavy atom. The highest BCUT2D eigenvalue weighted by Crippen LogP contribution is 2.31. The number of hydrogen-bond acceptors (Lipinski definition) is 4. The van der Waals surface area contributed by atoms with Gasteiger partial charge in [-0.1, -0.05) is 56.3 Å². The van der Waals surface area contributed by atoms with E-state index in [1.54, 1.807) is 0 Å². The Morgan fingerprint density at radius 1 is 0.781 bits per heavy atom. The van der Waals surface area contributed by atoms with Crippen LogP contribution in [0.5, 0.6) is 11.5 Å². The van der Waals surface area contributed by atoms with Gasteiger partial charge in [0.05, 0.1) is 6.61 Å². The summed E-state index contributed by atoms with van der Waals surface area (Å²) in [5.41, 5.74) is 2.41. The molecule has 3 aromatic rings. The molecule has 3 aromatic carbocycles. The Kier molecular flexibility index (Phi) is 9.86. The van der Waals surface area contributed by atoms with Gasteiger partial charge in [-0.3, -0.25) is 4.90 Å². The highest BCUT2D eigenvalue weighted by atomic mass is 16.5. The summed E-state index contributed by atoms with van der Waals surface area (Å²) in [6.07, 6.45) is 3.77. The number of fused-ring (bicyclic) bond motifs is 1. The molecule has 0 heterocycles. The van der Waals surface area contributed by atoms with Crippen LogP contribution < -0.4 is 9.47 Å². The maximum atomic E-state index is 9.10. The van der Waals surface area contributed by atoms with Crippen LogP contribution in [0.2, 0.25) is 0 Å². The SMILES string of the molecule is CCCN(CCC)CCOc1ccc(Cc2c(OCCCO)ccc3ccccc23)cc1. The van der Waals surface area contributed by atoms with Gasteiger partial charge in [0.25, 0.3) is 0 Å². The average molecular weight is 436 g/mol. The number of ether oxygens (including phenoxy) is 2. The number of hydrogen-bond donors (Lipinski definition) is 1. The summed E-state index contributed by atoms with van der Waals surface area (Å²) in [6, 6.07) is 21.0. The van der Waals surface area contributed by atoms with E-state index in [1.807, 2.05) is 6.07 Å². The molecule has 0 aromatic heterocycles. The van der Waals surface area contributed by atoms with Crippen molar-refractivity contribution in [3.8, 4) is 11.5 Å². The average Bonchev–Trinajstić information content (AvgIpc) is 2.82. The molecule has 172 valence electrons. The van der Waals surface area contributed by atoms with Gasteiger partial charge in [0, 0.05) is 31.6 Å². The minimum Gasteiger partial charge on any atom is -0.493 e. The summed E-state index contributed by atoms with van der Waals surface area (Å²) in [5.74, 6) is 1.81. The van der Waals surface area contributed by atoms with Crippen molar-refractivity contribution in [1.29, 1.82) is 0 Å². The van der Waals surface area contributed by atoms with E-state index in [0.717, 1.165) is 37.6 Å². The molecule has 4 heteroatoms. The number of benzene rings is 3. The lowest BCUT2D eigenvalue weighted by atomic mass is 9.97. The molecule has 0 spiro atoms. The normalized spacial score (nSPS) is 11.2. The van der Waals surface area contributed by atoms with E-state index >= 15 is 0 Å². The molecule has 0 aliphatic heterocycles. The first-order chi connectivity index (χ1) is 15.7. The van der Waals surface area contributed by atoms with Gasteiger partial charge < -0.3 is 14.6 Å². The number of aliphatic hydroxyl groups is 1. The number of nitrogens with zero attached hydrogens (tertiary/aromatic N) is 1. The lowest BCUT2D eigenvalue weighted by molar-refractivity contribution is 0.209. The van der Waals surface area contributed by atoms with Gasteiger partial charge in [0.2, 0.25) is 0 Å². The largest absolute Gasteiger partial charge is 0.493 e. The maximum Gasteiger partial charge on any atom is 0.123 e. The zero-order chi connectivity index (χ0) is 22.6. The second kappa shape index (κ2) is 13.1. The van der Waals surface area contributed by atoms with Crippen LogP contribution in [0, 0.1) is 0 Å². The van der Waals surface area contributed by atoms with Gasteiger partial charge in [-0.05, 0) is 60.5 Å². The van der Waals surface area contributed by atoms with Crippen LogP contribution in [0.1, 0.15) is 44.2 Å². The molecule has 3 rings (SSSR count). The lowest BCUT2D eigenvalue weighted by Gasteiger charge is -2.20. The van der Waals surface area contributed by atoms with Crippen LogP contribution in [0.15, 0.2) is 60.7 Å². The summed E-state index contributed by atoms with van der Waals surface area (Å²) in [4.78, 5) is 2.47. The second-order valence-electron chi connectivity index (χ2n) is 8.20. The highest BCUT2D eigenvalue weighted by molar-refractivity contribution is 5.88. The Bertz CT molecular complexity index is 933. The van der Waals surface area contributed by atoms with Gasteiger partial charge in [0.15, 0.2) is 0 Å². The standard InChI is InChI=1S/C28H37NO3/c1-3-16-29(17-4-2)18-21-31-25-13-10-23(11-14-25)22-27-26-9-6-5-8-24(26)12-15-28(27)32-20-7-19-30/h5-6,8-15,30H,3-4,7,16-22H2,1-2H3. The second-order valence-corrected chi connectivity index (χ2v) is 8.20. The van der Waals surface area contributed by atoms with Gasteiger partial charge in [-0.2, -0.15) is 0 Å². The summed E-state index contributed by atoms with van der Waals surface area (Å²) in [6.45, 7) is 9.04. The predicted octanol–water partition coefficient (Wildman–Crippen LogP) is 5.69. The minimum atomic E-state index is 0.138. The number of rotatable bonds is 14. The molecular formula is C28H37NO3. The fourth-order valence-electron chi connectivity index (χ4n) is 4.05. The topological polar surface area (TPSA) is 41.9 Å². The molecule has 32 heavy (non-hydrogen) atoms. The van der Waals surface area contributed by atoms with Crippen LogP contribution in [-0.4, -0.2) is 49.5 Å². The van der Waals surface area contributed by atoms with Crippen molar-refractivity contribution in [2.75, 3.05) is 39.5 Å². The molecule has 1 N–H and O–H groups in total. The van der Waals surface area contributed by atoms with Crippen LogP contribution in [0.25, 0.3) is 10.8 Å². The van der Waals surface area contributed by atoms with Gasteiger partial charge in [0.1, 0.15) is 18.1 Å². The number of aliphatic hydroxyl groups excluding tert-OH is 1. The van der Waals surface area contributed by atoms with Crippen molar-refractivity contribution in [3.63, 3.8) is 0 Å². The van der Waals surface area contributed by atoms with Gasteiger partial charge >= 0.3 is 0 Å². The van der Waals surface area contributed by atoms with E-state index in [9.17, 15) is 0 Å². The third kappa shape index (κ3) is 6.98. The van der Waals surface area contributed by atoms with E-state index < -0.39 is 0 Å². The van der Waals surface area contributed by atoms with Crippen LogP contribution in [0.4, 0.5) is 0 Å². The zero-order valence-electron chi connectivity index (χ0n) is 19.6. The smallest absolute Gasteiger partial charge is 0.123 e. The van der Waals surface area contributed by atoms with Crippen molar-refractivity contribution in [2.45, 2.75) is 39.5 Å². The van der Waals surface area contributed by atoms with E-state index in [0.29, 0.717) is 19.6 Å². The Balaban J connectivity index is 1.67. The summed E-state index contributed by atoms with van der Waals surface area (Å²) in [7, 11) is 0. The third-order valence-electron chi connectivity index (χ3n) is 5.62. The van der Waals surface area contributed by atoms with E-state index in [-0.39, 0.29) is 6.61 Å². The van der Waals surface area contributed by atoms with Crippen molar-refractivity contribution >= 4 is 10.8 Å². The summed E-state index contributed by atoms with van der Waals surface area (Å²) < 4.78 is 12.0. The molecular weight excluding hydrogens is 398 g/mol. The van der Waals surface area contributed by atoms with Crippen molar-refractivity contribution in [2.24, 2.45) is 0 Å². The fourth-order valence-corrected chi connectivity index (χ4v) is 4.05. The van der Waals surface area contributed by atoms with Crippen molar-refractivity contribution < 1.29 is 14.6 Å². The third-order valence-corrected chi connectivity index (χ3v) is 5.62. The summed E-state index contributed by atoms with van der Waals surface area (Å²) >= 11 is 0. The monoisotopic (exact) mass is 435 g/mol. The Labute approximate surface area is 192 Å². The van der Waals surface area contributed by atoms with Gasteiger partial charge in [-0.25, -0.2) is 0 Å². The fraction of sp³-hybridized carbons (Fsp3) is 0.429. The maximum absolute atomic E-state index is 9.10. The summed E-state index contributed by atoms with van der Waals surface area (Å²) in [5, 5.41) is 11.5. The molecule has 4 nitrogen and oxygen atoms in total. The van der Waals surface area contributed by atoms with Crippen LogP contribution in [0.3, 0.4) is 0 Å². The van der Waals surface area contributed by atoms with E-state index in [2.05, 4.69) is 73.3 Å². The van der Waals surface area contributed by atoms with Crippen molar-refractivity contribution in [1.82, 2.24) is 4.90 Å². The molecule has 0 aliphatic rings. The first-order valence-corrected chi connectivity index (χ1v) is 11.9. The molecule has 0 fully saturated rings. The van der Waals surface area contributed by atoms with Crippen molar-refractivity contribution in [3.05, 3.63) is 71.8 Å². The Morgan fingerprint density at radius 3 is 2.25 bits per heavy atom. The highest BCUT2D eigenvalue weighted by Gasteiger charge is 2.10. The zero-order valence-corrected chi connectivity index (χ0v) is 19.6. The molecule has 0 saturated carbocycles. The molecule has 0 atom stereocenters.